The Morgan fingerprint density at radius 3 is 2.67 bits per heavy atom. The summed E-state index contributed by atoms with van der Waals surface area (Å²) in [6.07, 6.45) is 2.26. The minimum atomic E-state index is -3.33. The first kappa shape index (κ1) is 17.3. The summed E-state index contributed by atoms with van der Waals surface area (Å²) in [5.74, 6) is -4.32. The number of carbonyl (C=O) groups excluding carboxylic acids is 2. The summed E-state index contributed by atoms with van der Waals surface area (Å²) in [6.45, 7) is 4.17. The number of alkyl halides is 2. The molecule has 3 rings (SSSR count). The van der Waals surface area contributed by atoms with Gasteiger partial charge in [-0.1, -0.05) is 0 Å². The van der Waals surface area contributed by atoms with Gasteiger partial charge in [-0.3, -0.25) is 9.59 Å². The number of halogens is 2. The molecular weight excluding hydrogens is 334 g/mol. The van der Waals surface area contributed by atoms with Crippen LogP contribution in [-0.4, -0.2) is 53.2 Å². The van der Waals surface area contributed by atoms with Gasteiger partial charge in [-0.25, -0.2) is 0 Å². The molecule has 2 aliphatic rings. The molecule has 2 unspecified atom stereocenters. The molecule has 2 fully saturated rings. The third-order valence-electron chi connectivity index (χ3n) is 4.97. The van der Waals surface area contributed by atoms with Gasteiger partial charge in [0.2, 0.25) is 0 Å². The number of thiophene rings is 1. The van der Waals surface area contributed by atoms with Crippen LogP contribution in [0.4, 0.5) is 8.78 Å². The van der Waals surface area contributed by atoms with Crippen LogP contribution in [-0.2, 0) is 4.79 Å². The van der Waals surface area contributed by atoms with Gasteiger partial charge >= 0.3 is 5.92 Å². The first-order valence-electron chi connectivity index (χ1n) is 8.30. The highest BCUT2D eigenvalue weighted by molar-refractivity contribution is 7.10. The number of likely N-dealkylation sites (tertiary alicyclic amines) is 2. The fraction of sp³-hybridized carbons (Fsp3) is 0.647. The van der Waals surface area contributed by atoms with Crippen LogP contribution in [0.5, 0.6) is 0 Å². The van der Waals surface area contributed by atoms with E-state index < -0.39 is 11.8 Å². The lowest BCUT2D eigenvalue weighted by Crippen LogP contribution is -2.47. The monoisotopic (exact) mass is 356 g/mol. The molecule has 0 spiro atoms. The molecule has 0 aliphatic carbocycles. The molecule has 0 aromatic carbocycles. The first-order valence-corrected chi connectivity index (χ1v) is 9.18. The second kappa shape index (κ2) is 6.43. The van der Waals surface area contributed by atoms with Crippen molar-refractivity contribution in [3.8, 4) is 0 Å². The van der Waals surface area contributed by atoms with Crippen LogP contribution in [0.25, 0.3) is 0 Å². The minimum absolute atomic E-state index is 0.00135. The Bertz CT molecular complexity index is 641. The second-order valence-electron chi connectivity index (χ2n) is 6.84. The molecule has 2 atom stereocenters. The minimum Gasteiger partial charge on any atom is -0.338 e. The molecule has 132 valence electrons. The van der Waals surface area contributed by atoms with Crippen LogP contribution in [0.2, 0.25) is 0 Å². The van der Waals surface area contributed by atoms with E-state index in [9.17, 15) is 18.4 Å². The van der Waals surface area contributed by atoms with Crippen molar-refractivity contribution in [3.05, 3.63) is 21.9 Å². The highest BCUT2D eigenvalue weighted by Gasteiger charge is 2.45. The van der Waals surface area contributed by atoms with Crippen LogP contribution < -0.4 is 0 Å². The van der Waals surface area contributed by atoms with Gasteiger partial charge in [0.25, 0.3) is 11.8 Å². The van der Waals surface area contributed by atoms with Crippen molar-refractivity contribution in [3.63, 3.8) is 0 Å². The maximum Gasteiger partial charge on any atom is 0.322 e. The molecule has 0 radical (unpaired) electrons. The van der Waals surface area contributed by atoms with Gasteiger partial charge in [0.05, 0.1) is 5.56 Å². The third-order valence-corrected chi connectivity index (χ3v) is 5.83. The van der Waals surface area contributed by atoms with E-state index in [0.717, 1.165) is 24.1 Å². The molecule has 24 heavy (non-hydrogen) atoms. The van der Waals surface area contributed by atoms with Crippen molar-refractivity contribution in [2.75, 3.05) is 19.6 Å². The van der Waals surface area contributed by atoms with Gasteiger partial charge in [0.1, 0.15) is 0 Å². The molecule has 4 nitrogen and oxygen atoms in total. The van der Waals surface area contributed by atoms with E-state index in [0.29, 0.717) is 32.1 Å². The Morgan fingerprint density at radius 2 is 2.04 bits per heavy atom. The topological polar surface area (TPSA) is 40.6 Å². The average molecular weight is 356 g/mol. The van der Waals surface area contributed by atoms with E-state index in [1.165, 1.54) is 4.90 Å². The lowest BCUT2D eigenvalue weighted by atomic mass is 9.96. The van der Waals surface area contributed by atoms with E-state index in [-0.39, 0.29) is 17.9 Å². The normalized spacial score (nSPS) is 24.7. The number of hydrogen-bond donors (Lipinski definition) is 0. The van der Waals surface area contributed by atoms with Gasteiger partial charge in [-0.05, 0) is 38.2 Å². The molecular formula is C17H22F2N2O2S. The molecule has 7 heteroatoms. The van der Waals surface area contributed by atoms with Crippen molar-refractivity contribution >= 4 is 23.2 Å². The predicted molar refractivity (Wildman–Crippen MR) is 88.4 cm³/mol. The van der Waals surface area contributed by atoms with E-state index in [1.807, 2.05) is 18.4 Å². The summed E-state index contributed by atoms with van der Waals surface area (Å²) in [5, 5.41) is 1.86. The number of aryl methyl sites for hydroxylation is 1. The highest BCUT2D eigenvalue weighted by atomic mass is 32.1. The van der Waals surface area contributed by atoms with Gasteiger partial charge < -0.3 is 9.80 Å². The zero-order chi connectivity index (χ0) is 17.5. The van der Waals surface area contributed by atoms with Crippen molar-refractivity contribution in [2.24, 2.45) is 5.92 Å². The Hall–Kier alpha value is -1.50. The number of nitrogens with zero attached hydrogens (tertiary/aromatic N) is 2. The SMILES string of the molecule is Cc1cc(C(=O)N2CCC(C3CCCN3C(=O)C(C)(F)F)C2)cs1. The zero-order valence-corrected chi connectivity index (χ0v) is 14.7. The van der Waals surface area contributed by atoms with Crippen LogP contribution in [0.1, 0.15) is 41.4 Å². The molecule has 0 saturated carbocycles. The summed E-state index contributed by atoms with van der Waals surface area (Å²) in [6, 6.07) is 1.70. The molecule has 1 aromatic heterocycles. The van der Waals surface area contributed by atoms with Gasteiger partial charge in [-0.2, -0.15) is 8.78 Å². The standard InChI is InChI=1S/C17H22F2N2O2S/c1-11-8-13(10-24-11)15(22)20-7-5-12(9-20)14-4-3-6-21(14)16(23)17(2,18)19/h8,10,12,14H,3-7,9H2,1-2H3. The lowest BCUT2D eigenvalue weighted by Gasteiger charge is -2.31. The summed E-state index contributed by atoms with van der Waals surface area (Å²) in [7, 11) is 0. The molecule has 0 N–H and O–H groups in total. The Labute approximate surface area is 144 Å². The van der Waals surface area contributed by atoms with Crippen molar-refractivity contribution in [1.29, 1.82) is 0 Å². The quantitative estimate of drug-likeness (QED) is 0.835. The van der Waals surface area contributed by atoms with E-state index >= 15 is 0 Å². The number of amides is 2. The van der Waals surface area contributed by atoms with Crippen LogP contribution in [0, 0.1) is 12.8 Å². The van der Waals surface area contributed by atoms with Crippen LogP contribution in [0.15, 0.2) is 11.4 Å². The highest BCUT2D eigenvalue weighted by Crippen LogP contribution is 2.33. The largest absolute Gasteiger partial charge is 0.338 e. The van der Waals surface area contributed by atoms with E-state index in [2.05, 4.69) is 0 Å². The predicted octanol–water partition coefficient (Wildman–Crippen LogP) is 3.16. The Balaban J connectivity index is 1.66. The van der Waals surface area contributed by atoms with Crippen LogP contribution >= 0.6 is 11.3 Å². The maximum atomic E-state index is 13.4. The van der Waals surface area contributed by atoms with Gasteiger partial charge in [0, 0.05) is 42.9 Å². The molecule has 0 bridgehead atoms. The summed E-state index contributed by atoms with van der Waals surface area (Å²) >= 11 is 1.54. The zero-order valence-electron chi connectivity index (χ0n) is 13.9. The van der Waals surface area contributed by atoms with Crippen molar-refractivity contribution < 1.29 is 18.4 Å². The summed E-state index contributed by atoms with van der Waals surface area (Å²) in [4.78, 5) is 28.7. The average Bonchev–Trinajstić information content (AvgIpc) is 3.24. The smallest absolute Gasteiger partial charge is 0.322 e. The molecule has 1 aromatic rings. The number of rotatable bonds is 3. The summed E-state index contributed by atoms with van der Waals surface area (Å²) < 4.78 is 26.8. The van der Waals surface area contributed by atoms with Crippen LogP contribution in [0.3, 0.4) is 0 Å². The molecule has 2 aliphatic heterocycles. The molecule has 2 saturated heterocycles. The maximum absolute atomic E-state index is 13.4. The first-order chi connectivity index (χ1) is 11.3. The van der Waals surface area contributed by atoms with Crippen molar-refractivity contribution in [2.45, 2.75) is 45.1 Å². The Morgan fingerprint density at radius 1 is 1.29 bits per heavy atom. The third kappa shape index (κ3) is 3.31. The van der Waals surface area contributed by atoms with Crippen molar-refractivity contribution in [1.82, 2.24) is 9.80 Å². The fourth-order valence-corrected chi connectivity index (χ4v) is 4.49. The van der Waals surface area contributed by atoms with E-state index in [1.54, 1.807) is 16.2 Å². The van der Waals surface area contributed by atoms with Gasteiger partial charge in [-0.15, -0.1) is 11.3 Å². The summed E-state index contributed by atoms with van der Waals surface area (Å²) in [5.41, 5.74) is 0.692. The number of hydrogen-bond acceptors (Lipinski definition) is 3. The Kier molecular flexibility index (Phi) is 4.64. The molecule has 3 heterocycles. The second-order valence-corrected chi connectivity index (χ2v) is 7.96. The lowest BCUT2D eigenvalue weighted by molar-refractivity contribution is -0.156. The number of carbonyl (C=O) groups is 2. The van der Waals surface area contributed by atoms with Gasteiger partial charge in [0.15, 0.2) is 0 Å². The van der Waals surface area contributed by atoms with E-state index in [4.69, 9.17) is 0 Å². The fourth-order valence-electron chi connectivity index (χ4n) is 3.81. The molecule has 2 amide bonds.